The van der Waals surface area contributed by atoms with Crippen LogP contribution in [0.5, 0.6) is 0 Å². The first-order valence-corrected chi connectivity index (χ1v) is 5.10. The number of hydrogen-bond donors (Lipinski definition) is 1. The van der Waals surface area contributed by atoms with Crippen molar-refractivity contribution in [2.45, 2.75) is 13.3 Å². The minimum atomic E-state index is 0.534. The molecule has 0 amide bonds. The Morgan fingerprint density at radius 1 is 1.38 bits per heavy atom. The largest absolute Gasteiger partial charge is 0.330 e. The predicted octanol–water partition coefficient (Wildman–Crippen LogP) is 0.0817. The molecule has 0 aliphatic carbocycles. The summed E-state index contributed by atoms with van der Waals surface area (Å²) >= 11 is 0. The molecule has 0 aromatic carbocycles. The lowest BCUT2D eigenvalue weighted by Gasteiger charge is -2.00. The quantitative estimate of drug-likeness (QED) is 0.789. The van der Waals surface area contributed by atoms with Gasteiger partial charge in [0, 0.05) is 13.5 Å². The average Bonchev–Trinajstić information content (AvgIpc) is 2.59. The van der Waals surface area contributed by atoms with Crippen molar-refractivity contribution in [3.05, 3.63) is 23.8 Å². The van der Waals surface area contributed by atoms with Gasteiger partial charge in [-0.3, -0.25) is 4.68 Å². The van der Waals surface area contributed by atoms with E-state index in [9.17, 15) is 0 Å². The van der Waals surface area contributed by atoms with Crippen LogP contribution in [-0.2, 0) is 13.5 Å². The molecule has 0 radical (unpaired) electrons. The van der Waals surface area contributed by atoms with Crippen molar-refractivity contribution >= 4 is 0 Å². The number of nitrogens with zero attached hydrogens (tertiary/aromatic N) is 5. The highest BCUT2D eigenvalue weighted by Crippen LogP contribution is 2.15. The molecule has 2 N–H and O–H groups in total. The minimum absolute atomic E-state index is 0.534. The van der Waals surface area contributed by atoms with Crippen LogP contribution in [0.4, 0.5) is 0 Å². The second kappa shape index (κ2) is 4.36. The van der Waals surface area contributed by atoms with Crippen molar-refractivity contribution in [2.75, 3.05) is 6.54 Å². The van der Waals surface area contributed by atoms with E-state index in [1.165, 1.54) is 0 Å². The standard InChI is InChI=1S/C10H14N6/c1-7-5-9(16(2)15-7)8-6-12-10(3-4-11)14-13-8/h5-6H,3-4,11H2,1-2H3. The van der Waals surface area contributed by atoms with Gasteiger partial charge in [0.1, 0.15) is 5.69 Å². The zero-order valence-electron chi connectivity index (χ0n) is 9.38. The highest BCUT2D eigenvalue weighted by molar-refractivity contribution is 5.52. The van der Waals surface area contributed by atoms with Gasteiger partial charge in [-0.15, -0.1) is 10.2 Å². The van der Waals surface area contributed by atoms with Crippen molar-refractivity contribution < 1.29 is 0 Å². The van der Waals surface area contributed by atoms with Crippen LogP contribution in [0.2, 0.25) is 0 Å². The van der Waals surface area contributed by atoms with Crippen molar-refractivity contribution in [3.8, 4) is 11.4 Å². The third-order valence-corrected chi connectivity index (χ3v) is 2.24. The summed E-state index contributed by atoms with van der Waals surface area (Å²) in [5, 5.41) is 12.4. The van der Waals surface area contributed by atoms with Crippen molar-refractivity contribution in [3.63, 3.8) is 0 Å². The van der Waals surface area contributed by atoms with E-state index < -0.39 is 0 Å². The molecule has 2 heterocycles. The summed E-state index contributed by atoms with van der Waals surface area (Å²) in [4.78, 5) is 4.20. The summed E-state index contributed by atoms with van der Waals surface area (Å²) in [6, 6.07) is 1.95. The molecule has 6 nitrogen and oxygen atoms in total. The van der Waals surface area contributed by atoms with E-state index in [0.717, 1.165) is 17.1 Å². The monoisotopic (exact) mass is 218 g/mol. The fourth-order valence-electron chi connectivity index (χ4n) is 1.51. The summed E-state index contributed by atoms with van der Waals surface area (Å²) in [5.74, 6) is 0.671. The molecule has 2 aromatic heterocycles. The van der Waals surface area contributed by atoms with Gasteiger partial charge in [0.15, 0.2) is 5.82 Å². The van der Waals surface area contributed by atoms with Gasteiger partial charge in [0.05, 0.1) is 17.6 Å². The second-order valence-corrected chi connectivity index (χ2v) is 3.59. The number of nitrogens with two attached hydrogens (primary N) is 1. The van der Waals surface area contributed by atoms with Crippen LogP contribution in [0, 0.1) is 6.92 Å². The molecule has 0 spiro atoms. The van der Waals surface area contributed by atoms with Crippen LogP contribution >= 0.6 is 0 Å². The van der Waals surface area contributed by atoms with Crippen molar-refractivity contribution in [2.24, 2.45) is 12.8 Å². The number of aryl methyl sites for hydroxylation is 2. The van der Waals surface area contributed by atoms with E-state index in [2.05, 4.69) is 20.3 Å². The van der Waals surface area contributed by atoms with Crippen LogP contribution in [0.1, 0.15) is 11.5 Å². The van der Waals surface area contributed by atoms with E-state index >= 15 is 0 Å². The third-order valence-electron chi connectivity index (χ3n) is 2.24. The predicted molar refractivity (Wildman–Crippen MR) is 59.5 cm³/mol. The lowest BCUT2D eigenvalue weighted by atomic mass is 10.3. The molecule has 2 rings (SSSR count). The molecule has 0 saturated heterocycles. The zero-order chi connectivity index (χ0) is 11.5. The Morgan fingerprint density at radius 3 is 2.69 bits per heavy atom. The molecular formula is C10H14N6. The van der Waals surface area contributed by atoms with E-state index in [-0.39, 0.29) is 0 Å². The smallest absolute Gasteiger partial charge is 0.152 e. The Balaban J connectivity index is 2.31. The Labute approximate surface area is 93.5 Å². The normalized spacial score (nSPS) is 10.7. The summed E-state index contributed by atoms with van der Waals surface area (Å²) in [6.07, 6.45) is 2.35. The topological polar surface area (TPSA) is 82.5 Å². The maximum absolute atomic E-state index is 5.42. The van der Waals surface area contributed by atoms with Gasteiger partial charge in [0.2, 0.25) is 0 Å². The van der Waals surface area contributed by atoms with E-state index in [1.807, 2.05) is 20.0 Å². The summed E-state index contributed by atoms with van der Waals surface area (Å²) in [5.41, 5.74) is 8.00. The third kappa shape index (κ3) is 2.06. The van der Waals surface area contributed by atoms with Gasteiger partial charge in [-0.25, -0.2) is 4.98 Å². The zero-order valence-corrected chi connectivity index (χ0v) is 9.38. The molecule has 0 saturated carbocycles. The fourth-order valence-corrected chi connectivity index (χ4v) is 1.51. The van der Waals surface area contributed by atoms with E-state index in [4.69, 9.17) is 5.73 Å². The average molecular weight is 218 g/mol. The van der Waals surface area contributed by atoms with E-state index in [1.54, 1.807) is 10.9 Å². The van der Waals surface area contributed by atoms with Crippen molar-refractivity contribution in [1.82, 2.24) is 25.0 Å². The molecule has 0 aliphatic heterocycles. The lowest BCUT2D eigenvalue weighted by Crippen LogP contribution is -2.08. The number of aromatic nitrogens is 5. The SMILES string of the molecule is Cc1cc(-c2cnc(CCN)nn2)n(C)n1. The summed E-state index contributed by atoms with van der Waals surface area (Å²) in [6.45, 7) is 2.47. The first-order chi connectivity index (χ1) is 7.70. The van der Waals surface area contributed by atoms with Crippen molar-refractivity contribution in [1.29, 1.82) is 0 Å². The first-order valence-electron chi connectivity index (χ1n) is 5.10. The maximum atomic E-state index is 5.42. The molecule has 6 heteroatoms. The Kier molecular flexibility index (Phi) is 2.91. The summed E-state index contributed by atoms with van der Waals surface area (Å²) in [7, 11) is 1.87. The maximum Gasteiger partial charge on any atom is 0.152 e. The second-order valence-electron chi connectivity index (χ2n) is 3.59. The molecular weight excluding hydrogens is 204 g/mol. The van der Waals surface area contributed by atoms with Crippen LogP contribution in [-0.4, -0.2) is 31.5 Å². The van der Waals surface area contributed by atoms with Gasteiger partial charge in [-0.2, -0.15) is 5.10 Å². The number of hydrogen-bond acceptors (Lipinski definition) is 5. The van der Waals surface area contributed by atoms with E-state index in [0.29, 0.717) is 18.8 Å². The molecule has 0 aliphatic rings. The molecule has 0 bridgehead atoms. The van der Waals surface area contributed by atoms with Crippen LogP contribution in [0.3, 0.4) is 0 Å². The Hall–Kier alpha value is -1.82. The molecule has 84 valence electrons. The van der Waals surface area contributed by atoms with Gasteiger partial charge in [0.25, 0.3) is 0 Å². The lowest BCUT2D eigenvalue weighted by molar-refractivity contribution is 0.752. The molecule has 2 aromatic rings. The minimum Gasteiger partial charge on any atom is -0.330 e. The highest BCUT2D eigenvalue weighted by atomic mass is 15.3. The Bertz CT molecular complexity index is 473. The van der Waals surface area contributed by atoms with Gasteiger partial charge in [-0.05, 0) is 19.5 Å². The van der Waals surface area contributed by atoms with Gasteiger partial charge in [-0.1, -0.05) is 0 Å². The highest BCUT2D eigenvalue weighted by Gasteiger charge is 2.07. The molecule has 0 atom stereocenters. The summed E-state index contributed by atoms with van der Waals surface area (Å²) < 4.78 is 1.77. The molecule has 0 unspecified atom stereocenters. The van der Waals surface area contributed by atoms with Gasteiger partial charge < -0.3 is 5.73 Å². The number of rotatable bonds is 3. The van der Waals surface area contributed by atoms with Gasteiger partial charge >= 0.3 is 0 Å². The van der Waals surface area contributed by atoms with Crippen LogP contribution < -0.4 is 5.73 Å². The molecule has 0 fully saturated rings. The fraction of sp³-hybridized carbons (Fsp3) is 0.400. The van der Waals surface area contributed by atoms with Crippen LogP contribution in [0.25, 0.3) is 11.4 Å². The van der Waals surface area contributed by atoms with Crippen LogP contribution in [0.15, 0.2) is 12.3 Å². The first kappa shape index (κ1) is 10.7. The Morgan fingerprint density at radius 2 is 2.19 bits per heavy atom. The molecule has 16 heavy (non-hydrogen) atoms.